The SMILES string of the molecule is CC(C)(C)c1ccc(Oc2ccc(C(C)(C)C)cc2C[C@H]2CO2)c(C[C@H]2CO2)c1. The Kier molecular flexibility index (Phi) is 5.25. The summed E-state index contributed by atoms with van der Waals surface area (Å²) < 4.78 is 17.5. The summed E-state index contributed by atoms with van der Waals surface area (Å²) in [5, 5.41) is 0. The van der Waals surface area contributed by atoms with Crippen molar-refractivity contribution in [2.45, 2.75) is 77.4 Å². The van der Waals surface area contributed by atoms with Gasteiger partial charge in [-0.25, -0.2) is 0 Å². The van der Waals surface area contributed by atoms with Crippen LogP contribution < -0.4 is 4.74 Å². The van der Waals surface area contributed by atoms with Gasteiger partial charge in [-0.1, -0.05) is 65.8 Å². The third-order valence-electron chi connectivity index (χ3n) is 5.77. The van der Waals surface area contributed by atoms with Gasteiger partial charge in [0.05, 0.1) is 25.4 Å². The second-order valence-electron chi connectivity index (χ2n) is 10.6. The van der Waals surface area contributed by atoms with Crippen LogP contribution in [-0.4, -0.2) is 25.4 Å². The van der Waals surface area contributed by atoms with Crippen molar-refractivity contribution in [1.29, 1.82) is 0 Å². The molecule has 4 rings (SSSR count). The van der Waals surface area contributed by atoms with E-state index in [-0.39, 0.29) is 10.8 Å². The molecule has 0 bridgehead atoms. The predicted molar refractivity (Wildman–Crippen MR) is 117 cm³/mol. The van der Waals surface area contributed by atoms with Gasteiger partial charge in [0.2, 0.25) is 0 Å². The van der Waals surface area contributed by atoms with E-state index in [9.17, 15) is 0 Å². The predicted octanol–water partition coefficient (Wildman–Crippen LogP) is 5.96. The molecule has 3 nitrogen and oxygen atoms in total. The van der Waals surface area contributed by atoms with Crippen LogP contribution in [0.25, 0.3) is 0 Å². The molecule has 0 aliphatic carbocycles. The molecule has 0 unspecified atom stereocenters. The second kappa shape index (κ2) is 7.45. The van der Waals surface area contributed by atoms with Crippen LogP contribution in [0.5, 0.6) is 11.5 Å². The van der Waals surface area contributed by atoms with Gasteiger partial charge in [-0.05, 0) is 45.2 Å². The molecule has 156 valence electrons. The third-order valence-corrected chi connectivity index (χ3v) is 5.77. The van der Waals surface area contributed by atoms with Crippen molar-refractivity contribution in [2.24, 2.45) is 0 Å². The molecule has 2 saturated heterocycles. The molecule has 2 atom stereocenters. The molecule has 2 aromatic rings. The monoisotopic (exact) mass is 394 g/mol. The fraction of sp³-hybridized carbons (Fsp3) is 0.538. The van der Waals surface area contributed by atoms with Crippen LogP contribution >= 0.6 is 0 Å². The van der Waals surface area contributed by atoms with Gasteiger partial charge in [-0.3, -0.25) is 0 Å². The molecular weight excluding hydrogens is 360 g/mol. The maximum Gasteiger partial charge on any atom is 0.130 e. The Bertz CT molecular complexity index is 804. The molecule has 0 spiro atoms. The molecule has 29 heavy (non-hydrogen) atoms. The first-order valence-electron chi connectivity index (χ1n) is 10.8. The topological polar surface area (TPSA) is 34.3 Å². The first-order chi connectivity index (χ1) is 13.6. The highest BCUT2D eigenvalue weighted by atomic mass is 16.6. The molecule has 3 heteroatoms. The van der Waals surface area contributed by atoms with Gasteiger partial charge in [0.25, 0.3) is 0 Å². The molecule has 0 radical (unpaired) electrons. The summed E-state index contributed by atoms with van der Waals surface area (Å²) in [5.41, 5.74) is 5.34. The van der Waals surface area contributed by atoms with E-state index < -0.39 is 0 Å². The maximum atomic E-state index is 6.52. The smallest absolute Gasteiger partial charge is 0.130 e. The highest BCUT2D eigenvalue weighted by molar-refractivity contribution is 5.47. The lowest BCUT2D eigenvalue weighted by Crippen LogP contribution is -2.13. The number of hydrogen-bond donors (Lipinski definition) is 0. The highest BCUT2D eigenvalue weighted by Crippen LogP contribution is 2.37. The first-order valence-corrected chi connectivity index (χ1v) is 10.8. The molecule has 0 amide bonds. The zero-order valence-corrected chi connectivity index (χ0v) is 18.7. The largest absolute Gasteiger partial charge is 0.457 e. The fourth-order valence-electron chi connectivity index (χ4n) is 3.59. The molecule has 2 aromatic carbocycles. The van der Waals surface area contributed by atoms with Gasteiger partial charge < -0.3 is 14.2 Å². The summed E-state index contributed by atoms with van der Waals surface area (Å²) in [6.45, 7) is 15.2. The van der Waals surface area contributed by atoms with Gasteiger partial charge in [-0.15, -0.1) is 0 Å². The molecule has 2 heterocycles. The van der Waals surface area contributed by atoms with Crippen LogP contribution in [0.2, 0.25) is 0 Å². The quantitative estimate of drug-likeness (QED) is 0.567. The molecule has 2 aliphatic rings. The fourth-order valence-corrected chi connectivity index (χ4v) is 3.59. The van der Waals surface area contributed by atoms with E-state index in [0.717, 1.165) is 37.6 Å². The van der Waals surface area contributed by atoms with E-state index in [1.54, 1.807) is 0 Å². The van der Waals surface area contributed by atoms with E-state index in [1.165, 1.54) is 22.3 Å². The van der Waals surface area contributed by atoms with Crippen molar-refractivity contribution in [3.05, 3.63) is 58.7 Å². The van der Waals surface area contributed by atoms with E-state index in [2.05, 4.69) is 77.9 Å². The minimum absolute atomic E-state index is 0.112. The van der Waals surface area contributed by atoms with Gasteiger partial charge in [-0.2, -0.15) is 0 Å². The second-order valence-corrected chi connectivity index (χ2v) is 10.6. The molecule has 0 saturated carbocycles. The average Bonchev–Trinajstić information content (AvgIpc) is 3.52. The Morgan fingerprint density at radius 2 is 1.10 bits per heavy atom. The Hall–Kier alpha value is -1.84. The van der Waals surface area contributed by atoms with Crippen molar-refractivity contribution in [2.75, 3.05) is 13.2 Å². The standard InChI is InChI=1S/C26H34O3/c1-25(2,3)19-7-9-23(17(11-19)13-21-15-27-21)29-24-10-8-20(26(4,5)6)12-18(24)14-22-16-28-22/h7-12,21-22H,13-16H2,1-6H3/t21-,22-/m0/s1. The summed E-state index contributed by atoms with van der Waals surface area (Å²) in [6.07, 6.45) is 2.46. The molecule has 2 fully saturated rings. The van der Waals surface area contributed by atoms with E-state index >= 15 is 0 Å². The third kappa shape index (κ3) is 5.21. The molecule has 2 aliphatic heterocycles. The number of ether oxygens (including phenoxy) is 3. The minimum atomic E-state index is 0.112. The average molecular weight is 395 g/mol. The highest BCUT2D eigenvalue weighted by Gasteiger charge is 2.28. The number of epoxide rings is 2. The minimum Gasteiger partial charge on any atom is -0.457 e. The lowest BCUT2D eigenvalue weighted by Gasteiger charge is -2.23. The van der Waals surface area contributed by atoms with Gasteiger partial charge in [0.1, 0.15) is 11.5 Å². The summed E-state index contributed by atoms with van der Waals surface area (Å²) >= 11 is 0. The van der Waals surface area contributed by atoms with E-state index in [1.807, 2.05) is 0 Å². The van der Waals surface area contributed by atoms with Crippen LogP contribution in [0.3, 0.4) is 0 Å². The molecule has 0 aromatic heterocycles. The Morgan fingerprint density at radius 3 is 1.41 bits per heavy atom. The van der Waals surface area contributed by atoms with Crippen molar-refractivity contribution >= 4 is 0 Å². The van der Waals surface area contributed by atoms with Crippen molar-refractivity contribution < 1.29 is 14.2 Å². The van der Waals surface area contributed by atoms with Gasteiger partial charge in [0.15, 0.2) is 0 Å². The maximum absolute atomic E-state index is 6.52. The Labute approximate surface area is 175 Å². The molecule has 0 N–H and O–H groups in total. The first kappa shape index (κ1) is 20.4. The van der Waals surface area contributed by atoms with Crippen molar-refractivity contribution in [3.63, 3.8) is 0 Å². The van der Waals surface area contributed by atoms with Crippen molar-refractivity contribution in [3.8, 4) is 11.5 Å². The normalized spacial score (nSPS) is 21.2. The van der Waals surface area contributed by atoms with Crippen molar-refractivity contribution in [1.82, 2.24) is 0 Å². The van der Waals surface area contributed by atoms with Gasteiger partial charge in [0, 0.05) is 12.8 Å². The lowest BCUT2D eigenvalue weighted by atomic mass is 9.85. The van der Waals surface area contributed by atoms with E-state index in [4.69, 9.17) is 14.2 Å². The van der Waals surface area contributed by atoms with Crippen LogP contribution in [0.15, 0.2) is 36.4 Å². The van der Waals surface area contributed by atoms with E-state index in [0.29, 0.717) is 12.2 Å². The van der Waals surface area contributed by atoms with Crippen LogP contribution in [0.1, 0.15) is 63.8 Å². The Balaban J connectivity index is 1.67. The lowest BCUT2D eigenvalue weighted by molar-refractivity contribution is 0.398. The molecular formula is C26H34O3. The van der Waals surface area contributed by atoms with Crippen LogP contribution in [0.4, 0.5) is 0 Å². The zero-order chi connectivity index (χ0) is 20.8. The number of benzene rings is 2. The summed E-state index contributed by atoms with van der Waals surface area (Å²) in [5.74, 6) is 1.88. The summed E-state index contributed by atoms with van der Waals surface area (Å²) in [4.78, 5) is 0. The number of rotatable bonds is 6. The van der Waals surface area contributed by atoms with Crippen LogP contribution in [-0.2, 0) is 33.1 Å². The van der Waals surface area contributed by atoms with Gasteiger partial charge >= 0.3 is 0 Å². The summed E-state index contributed by atoms with van der Waals surface area (Å²) in [7, 11) is 0. The van der Waals surface area contributed by atoms with Crippen LogP contribution in [0, 0.1) is 0 Å². The summed E-state index contributed by atoms with van der Waals surface area (Å²) in [6, 6.07) is 13.2. The Morgan fingerprint density at radius 1 is 0.724 bits per heavy atom. The zero-order valence-electron chi connectivity index (χ0n) is 18.7. The number of hydrogen-bond acceptors (Lipinski definition) is 3.